The molecule has 1 atom stereocenters. The Bertz CT molecular complexity index is 256. The van der Waals surface area contributed by atoms with Crippen LogP contribution in [0.4, 0.5) is 0 Å². The largest absolute Gasteiger partial charge is 0.389 e. The monoisotopic (exact) mass is 194 g/mol. The second-order valence-electron chi connectivity index (χ2n) is 5.03. The van der Waals surface area contributed by atoms with Gasteiger partial charge < -0.3 is 5.11 Å². The average molecular weight is 194 g/mol. The molecule has 1 N–H and O–H groups in total. The maximum absolute atomic E-state index is 9.23. The Morgan fingerprint density at radius 1 is 1.43 bits per heavy atom. The Morgan fingerprint density at radius 3 is 2.57 bits per heavy atom. The third kappa shape index (κ3) is 2.71. The van der Waals surface area contributed by atoms with Gasteiger partial charge in [0.25, 0.3) is 0 Å². The summed E-state index contributed by atoms with van der Waals surface area (Å²) in [5.74, 6) is 0. The Morgan fingerprint density at radius 2 is 2.07 bits per heavy atom. The first-order chi connectivity index (χ1) is 6.43. The smallest absolute Gasteiger partial charge is 0.0695 e. The van der Waals surface area contributed by atoms with E-state index in [2.05, 4.69) is 26.8 Å². The fourth-order valence-electron chi connectivity index (χ4n) is 2.25. The van der Waals surface area contributed by atoms with E-state index in [0.29, 0.717) is 0 Å². The predicted molar refractivity (Wildman–Crippen MR) is 61.2 cm³/mol. The SMILES string of the molecule is CC1=C(/C=C\[C@@H](C)O)C(C)(C)CCC1. The molecule has 0 saturated carbocycles. The lowest BCUT2D eigenvalue weighted by Crippen LogP contribution is -2.19. The molecule has 0 heterocycles. The Kier molecular flexibility index (Phi) is 3.54. The number of aliphatic hydroxyl groups is 1. The van der Waals surface area contributed by atoms with Crippen LogP contribution in [0.5, 0.6) is 0 Å². The van der Waals surface area contributed by atoms with Crippen LogP contribution >= 0.6 is 0 Å². The summed E-state index contributed by atoms with van der Waals surface area (Å²) < 4.78 is 0. The molecule has 0 saturated heterocycles. The molecule has 14 heavy (non-hydrogen) atoms. The normalized spacial score (nSPS) is 24.4. The summed E-state index contributed by atoms with van der Waals surface area (Å²) in [6, 6.07) is 0. The highest BCUT2D eigenvalue weighted by Gasteiger charge is 2.26. The van der Waals surface area contributed by atoms with E-state index in [-0.39, 0.29) is 11.5 Å². The van der Waals surface area contributed by atoms with Crippen LogP contribution in [0.15, 0.2) is 23.3 Å². The lowest BCUT2D eigenvalue weighted by molar-refractivity contribution is 0.243. The molecular formula is C13H22O. The molecule has 0 amide bonds. The maximum atomic E-state index is 9.23. The van der Waals surface area contributed by atoms with E-state index in [0.717, 1.165) is 0 Å². The Balaban J connectivity index is 2.91. The Hall–Kier alpha value is -0.560. The quantitative estimate of drug-likeness (QED) is 0.714. The minimum Gasteiger partial charge on any atom is -0.389 e. The van der Waals surface area contributed by atoms with E-state index in [4.69, 9.17) is 0 Å². The molecule has 1 heteroatoms. The van der Waals surface area contributed by atoms with Crippen LogP contribution in [-0.2, 0) is 0 Å². The third-order valence-electron chi connectivity index (χ3n) is 3.08. The summed E-state index contributed by atoms with van der Waals surface area (Å²) in [4.78, 5) is 0. The zero-order valence-corrected chi connectivity index (χ0v) is 9.80. The van der Waals surface area contributed by atoms with Crippen molar-refractivity contribution in [3.63, 3.8) is 0 Å². The molecule has 80 valence electrons. The third-order valence-corrected chi connectivity index (χ3v) is 3.08. The van der Waals surface area contributed by atoms with Gasteiger partial charge in [-0.3, -0.25) is 0 Å². The first kappa shape index (κ1) is 11.5. The van der Waals surface area contributed by atoms with Crippen molar-refractivity contribution < 1.29 is 5.11 Å². The molecule has 0 aromatic rings. The van der Waals surface area contributed by atoms with E-state index in [9.17, 15) is 5.11 Å². The van der Waals surface area contributed by atoms with Gasteiger partial charge in [0.2, 0.25) is 0 Å². The molecule has 0 radical (unpaired) electrons. The van der Waals surface area contributed by atoms with Crippen molar-refractivity contribution in [2.24, 2.45) is 5.41 Å². The zero-order valence-electron chi connectivity index (χ0n) is 9.80. The summed E-state index contributed by atoms with van der Waals surface area (Å²) in [5, 5.41) is 9.23. The molecule has 0 unspecified atom stereocenters. The standard InChI is InChI=1S/C13H22O/c1-10-6-5-9-13(3,4)12(10)8-7-11(2)14/h7-8,11,14H,5-6,9H2,1-4H3/b8-7-/t11-/m1/s1. The molecule has 0 aromatic heterocycles. The second kappa shape index (κ2) is 4.31. The molecule has 0 aliphatic heterocycles. The van der Waals surface area contributed by atoms with Gasteiger partial charge in [-0.25, -0.2) is 0 Å². The van der Waals surface area contributed by atoms with Crippen LogP contribution in [0.25, 0.3) is 0 Å². The first-order valence-electron chi connectivity index (χ1n) is 5.50. The van der Waals surface area contributed by atoms with Gasteiger partial charge >= 0.3 is 0 Å². The fraction of sp³-hybridized carbons (Fsp3) is 0.692. The van der Waals surface area contributed by atoms with Crippen molar-refractivity contribution in [1.82, 2.24) is 0 Å². The van der Waals surface area contributed by atoms with E-state index in [1.807, 2.05) is 6.08 Å². The topological polar surface area (TPSA) is 20.2 Å². The van der Waals surface area contributed by atoms with Gasteiger partial charge in [0.15, 0.2) is 0 Å². The van der Waals surface area contributed by atoms with Gasteiger partial charge in [-0.1, -0.05) is 31.6 Å². The first-order valence-corrected chi connectivity index (χ1v) is 5.50. The van der Waals surface area contributed by atoms with Crippen molar-refractivity contribution in [1.29, 1.82) is 0 Å². The predicted octanol–water partition coefficient (Wildman–Crippen LogP) is 3.45. The van der Waals surface area contributed by atoms with Crippen LogP contribution in [-0.4, -0.2) is 11.2 Å². The molecule has 1 nitrogen and oxygen atoms in total. The molecule has 0 bridgehead atoms. The molecule has 0 aromatic carbocycles. The maximum Gasteiger partial charge on any atom is 0.0695 e. The number of hydrogen-bond donors (Lipinski definition) is 1. The molecule has 1 aliphatic carbocycles. The van der Waals surface area contributed by atoms with Crippen LogP contribution < -0.4 is 0 Å². The van der Waals surface area contributed by atoms with Gasteiger partial charge in [-0.15, -0.1) is 0 Å². The van der Waals surface area contributed by atoms with Crippen LogP contribution in [0.2, 0.25) is 0 Å². The second-order valence-corrected chi connectivity index (χ2v) is 5.03. The number of aliphatic hydroxyl groups excluding tert-OH is 1. The van der Waals surface area contributed by atoms with Crippen molar-refractivity contribution in [2.45, 2.75) is 53.1 Å². The van der Waals surface area contributed by atoms with Crippen LogP contribution in [0, 0.1) is 5.41 Å². The zero-order chi connectivity index (χ0) is 10.8. The van der Waals surface area contributed by atoms with Gasteiger partial charge in [0.05, 0.1) is 6.10 Å². The Labute approximate surface area is 87.5 Å². The molecule has 1 aliphatic rings. The van der Waals surface area contributed by atoms with E-state index in [1.165, 1.54) is 30.4 Å². The highest BCUT2D eigenvalue weighted by molar-refractivity contribution is 5.32. The lowest BCUT2D eigenvalue weighted by Gasteiger charge is -2.33. The lowest BCUT2D eigenvalue weighted by atomic mass is 9.72. The fourth-order valence-corrected chi connectivity index (χ4v) is 2.25. The van der Waals surface area contributed by atoms with Crippen LogP contribution in [0.1, 0.15) is 47.0 Å². The summed E-state index contributed by atoms with van der Waals surface area (Å²) in [5.41, 5.74) is 3.19. The number of hydrogen-bond acceptors (Lipinski definition) is 1. The van der Waals surface area contributed by atoms with Crippen molar-refractivity contribution in [2.75, 3.05) is 0 Å². The minimum absolute atomic E-state index is 0.285. The van der Waals surface area contributed by atoms with Crippen LogP contribution in [0.3, 0.4) is 0 Å². The summed E-state index contributed by atoms with van der Waals surface area (Å²) in [6.45, 7) is 8.58. The van der Waals surface area contributed by atoms with Crippen molar-refractivity contribution in [3.8, 4) is 0 Å². The van der Waals surface area contributed by atoms with E-state index < -0.39 is 0 Å². The molecule has 0 spiro atoms. The molecular weight excluding hydrogens is 172 g/mol. The van der Waals surface area contributed by atoms with E-state index >= 15 is 0 Å². The number of allylic oxidation sites excluding steroid dienone is 3. The minimum atomic E-state index is -0.340. The average Bonchev–Trinajstić information content (AvgIpc) is 2.01. The van der Waals surface area contributed by atoms with Crippen molar-refractivity contribution in [3.05, 3.63) is 23.3 Å². The van der Waals surface area contributed by atoms with Gasteiger partial charge in [0, 0.05) is 0 Å². The van der Waals surface area contributed by atoms with Gasteiger partial charge in [0.1, 0.15) is 0 Å². The molecule has 1 rings (SSSR count). The molecule has 0 fully saturated rings. The summed E-state index contributed by atoms with van der Waals surface area (Å²) >= 11 is 0. The summed E-state index contributed by atoms with van der Waals surface area (Å²) in [6.07, 6.45) is 7.41. The van der Waals surface area contributed by atoms with E-state index in [1.54, 1.807) is 6.92 Å². The highest BCUT2D eigenvalue weighted by Crippen LogP contribution is 2.40. The van der Waals surface area contributed by atoms with Gasteiger partial charge in [-0.05, 0) is 44.1 Å². The van der Waals surface area contributed by atoms with Gasteiger partial charge in [-0.2, -0.15) is 0 Å². The highest BCUT2D eigenvalue weighted by atomic mass is 16.3. The summed E-state index contributed by atoms with van der Waals surface area (Å²) in [7, 11) is 0. The number of rotatable bonds is 2. The van der Waals surface area contributed by atoms with Crippen molar-refractivity contribution >= 4 is 0 Å².